The average molecular weight is 440 g/mol. The van der Waals surface area contributed by atoms with Crippen LogP contribution in [0.25, 0.3) is 10.2 Å². The summed E-state index contributed by atoms with van der Waals surface area (Å²) in [5.74, 6) is -0.799. The zero-order chi connectivity index (χ0) is 22.0. The average Bonchev–Trinajstić information content (AvgIpc) is 3.41. The summed E-state index contributed by atoms with van der Waals surface area (Å²) >= 11 is 1.19. The van der Waals surface area contributed by atoms with Crippen molar-refractivity contribution in [2.45, 2.75) is 0 Å². The lowest BCUT2D eigenvalue weighted by Gasteiger charge is -2.13. The number of benzene rings is 2. The maximum absolute atomic E-state index is 13.3. The molecule has 1 amide bonds. The van der Waals surface area contributed by atoms with Crippen LogP contribution >= 0.6 is 11.3 Å². The highest BCUT2D eigenvalue weighted by Crippen LogP contribution is 2.32. The topological polar surface area (TPSA) is 111 Å². The third-order valence-corrected chi connectivity index (χ3v) is 5.14. The van der Waals surface area contributed by atoms with Gasteiger partial charge < -0.3 is 9.15 Å². The van der Waals surface area contributed by atoms with Crippen molar-refractivity contribution in [3.8, 4) is 5.75 Å². The molecular formula is C20H13FN4O5S. The van der Waals surface area contributed by atoms with Gasteiger partial charge in [-0.1, -0.05) is 11.3 Å². The highest BCUT2D eigenvalue weighted by Gasteiger charge is 2.22. The van der Waals surface area contributed by atoms with Crippen molar-refractivity contribution < 1.29 is 23.3 Å². The lowest BCUT2D eigenvalue weighted by atomic mass is 10.2. The summed E-state index contributed by atoms with van der Waals surface area (Å²) in [6.07, 6.45) is 1.17. The minimum Gasteiger partial charge on any atom is -0.497 e. The van der Waals surface area contributed by atoms with Crippen LogP contribution in [0, 0.1) is 15.9 Å². The zero-order valence-corrected chi connectivity index (χ0v) is 16.7. The van der Waals surface area contributed by atoms with Gasteiger partial charge in [-0.05, 0) is 48.5 Å². The Hall–Kier alpha value is -4.12. The van der Waals surface area contributed by atoms with Crippen LogP contribution in [0.15, 0.2) is 64.1 Å². The molecule has 0 aliphatic carbocycles. The van der Waals surface area contributed by atoms with Gasteiger partial charge >= 0.3 is 5.88 Å². The molecule has 0 aliphatic heterocycles. The van der Waals surface area contributed by atoms with Crippen molar-refractivity contribution in [1.82, 2.24) is 4.98 Å². The summed E-state index contributed by atoms with van der Waals surface area (Å²) in [6, 6.07) is 12.8. The van der Waals surface area contributed by atoms with E-state index >= 15 is 0 Å². The molecule has 2 aromatic carbocycles. The third-order valence-electron chi connectivity index (χ3n) is 4.14. The lowest BCUT2D eigenvalue weighted by molar-refractivity contribution is -0.402. The number of nitrogens with zero attached hydrogens (tertiary/aromatic N) is 4. The fraction of sp³-hybridized carbons (Fsp3) is 0.0500. The second-order valence-electron chi connectivity index (χ2n) is 6.13. The van der Waals surface area contributed by atoms with Crippen LogP contribution in [0.5, 0.6) is 5.75 Å². The number of rotatable bonds is 6. The fourth-order valence-electron chi connectivity index (χ4n) is 2.64. The summed E-state index contributed by atoms with van der Waals surface area (Å²) < 4.78 is 24.3. The van der Waals surface area contributed by atoms with Gasteiger partial charge in [0, 0.05) is 5.56 Å². The van der Waals surface area contributed by atoms with Crippen molar-refractivity contribution in [1.29, 1.82) is 0 Å². The fourth-order valence-corrected chi connectivity index (χ4v) is 3.59. The predicted molar refractivity (Wildman–Crippen MR) is 112 cm³/mol. The Balaban J connectivity index is 1.74. The van der Waals surface area contributed by atoms with E-state index in [9.17, 15) is 19.3 Å². The third kappa shape index (κ3) is 4.26. The van der Waals surface area contributed by atoms with Crippen molar-refractivity contribution in [2.24, 2.45) is 5.10 Å². The van der Waals surface area contributed by atoms with Crippen molar-refractivity contribution >= 4 is 44.7 Å². The van der Waals surface area contributed by atoms with E-state index in [2.05, 4.69) is 10.1 Å². The smallest absolute Gasteiger partial charge is 0.433 e. The summed E-state index contributed by atoms with van der Waals surface area (Å²) in [5.41, 5.74) is 0.808. The van der Waals surface area contributed by atoms with E-state index in [1.165, 1.54) is 41.8 Å². The molecule has 0 N–H and O–H groups in total. The van der Waals surface area contributed by atoms with Gasteiger partial charge in [0.25, 0.3) is 5.91 Å². The van der Waals surface area contributed by atoms with E-state index in [1.54, 1.807) is 25.3 Å². The number of thiazole rings is 1. The van der Waals surface area contributed by atoms with Crippen molar-refractivity contribution in [2.75, 3.05) is 12.1 Å². The predicted octanol–water partition coefficient (Wildman–Crippen LogP) is 4.63. The summed E-state index contributed by atoms with van der Waals surface area (Å²) in [7, 11) is 1.54. The SMILES string of the molecule is COc1ccc2nc(N(/N=C/c3ccc([N+](=O)[O-])o3)C(=O)c3ccc(F)cc3)sc2c1. The Morgan fingerprint density at radius 2 is 2.03 bits per heavy atom. The molecule has 4 aromatic rings. The molecule has 0 atom stereocenters. The van der Waals surface area contributed by atoms with Gasteiger partial charge in [-0.15, -0.1) is 0 Å². The van der Waals surface area contributed by atoms with Crippen LogP contribution in [-0.4, -0.2) is 29.1 Å². The second-order valence-corrected chi connectivity index (χ2v) is 7.14. The first kappa shape index (κ1) is 20.2. The molecule has 11 heteroatoms. The first-order chi connectivity index (χ1) is 14.9. The quantitative estimate of drug-likeness (QED) is 0.246. The number of fused-ring (bicyclic) bond motifs is 1. The molecule has 2 heterocycles. The maximum Gasteiger partial charge on any atom is 0.433 e. The number of halogens is 1. The number of hydrogen-bond acceptors (Lipinski definition) is 8. The number of ether oxygens (including phenoxy) is 1. The summed E-state index contributed by atoms with van der Waals surface area (Å²) in [4.78, 5) is 27.6. The molecule has 0 aliphatic rings. The van der Waals surface area contributed by atoms with Crippen molar-refractivity contribution in [3.63, 3.8) is 0 Å². The number of hydrogen-bond donors (Lipinski definition) is 0. The number of carbonyl (C=O) groups excluding carboxylic acids is 1. The highest BCUT2D eigenvalue weighted by molar-refractivity contribution is 7.22. The van der Waals surface area contributed by atoms with Crippen LogP contribution in [0.3, 0.4) is 0 Å². The number of methoxy groups -OCH3 is 1. The van der Waals surface area contributed by atoms with Crippen LogP contribution in [0.1, 0.15) is 16.1 Å². The molecule has 9 nitrogen and oxygen atoms in total. The Labute approximate surface area is 178 Å². The van der Waals surface area contributed by atoms with Gasteiger partial charge in [0.1, 0.15) is 16.5 Å². The number of hydrazone groups is 1. The van der Waals surface area contributed by atoms with E-state index in [0.717, 1.165) is 21.8 Å². The van der Waals surface area contributed by atoms with Gasteiger partial charge in [0.2, 0.25) is 5.13 Å². The number of furan rings is 1. The number of carbonyl (C=O) groups is 1. The molecule has 0 spiro atoms. The zero-order valence-electron chi connectivity index (χ0n) is 15.9. The monoisotopic (exact) mass is 440 g/mol. The first-order valence-corrected chi connectivity index (χ1v) is 9.59. The number of amides is 1. The molecule has 4 rings (SSSR count). The maximum atomic E-state index is 13.3. The minimum absolute atomic E-state index is 0.0754. The van der Waals surface area contributed by atoms with Crippen LogP contribution < -0.4 is 9.75 Å². The molecule has 156 valence electrons. The first-order valence-electron chi connectivity index (χ1n) is 8.77. The molecule has 0 saturated heterocycles. The largest absolute Gasteiger partial charge is 0.497 e. The molecule has 0 fully saturated rings. The number of aromatic nitrogens is 1. The Bertz CT molecular complexity index is 1300. The summed E-state index contributed by atoms with van der Waals surface area (Å²) in [5, 5.41) is 16.2. The number of anilines is 1. The molecule has 0 bridgehead atoms. The van der Waals surface area contributed by atoms with Crippen molar-refractivity contribution in [3.05, 3.63) is 81.9 Å². The van der Waals surface area contributed by atoms with Crippen LogP contribution in [-0.2, 0) is 0 Å². The van der Waals surface area contributed by atoms with Gasteiger partial charge in [-0.25, -0.2) is 9.37 Å². The van der Waals surface area contributed by atoms with E-state index < -0.39 is 22.5 Å². The van der Waals surface area contributed by atoms with Crippen LogP contribution in [0.4, 0.5) is 15.4 Å². The minimum atomic E-state index is -0.681. The van der Waals surface area contributed by atoms with Gasteiger partial charge in [0.15, 0.2) is 5.76 Å². The van der Waals surface area contributed by atoms with Gasteiger partial charge in [-0.2, -0.15) is 10.1 Å². The Morgan fingerprint density at radius 1 is 1.26 bits per heavy atom. The molecule has 0 saturated carbocycles. The molecule has 2 aromatic heterocycles. The summed E-state index contributed by atoms with van der Waals surface area (Å²) in [6.45, 7) is 0. The molecular weight excluding hydrogens is 427 g/mol. The van der Waals surface area contributed by atoms with E-state index in [1.807, 2.05) is 0 Å². The van der Waals surface area contributed by atoms with Gasteiger partial charge in [-0.3, -0.25) is 14.9 Å². The van der Waals surface area contributed by atoms with E-state index in [4.69, 9.17) is 9.15 Å². The highest BCUT2D eigenvalue weighted by atomic mass is 32.1. The standard InChI is InChI=1S/C20H13FN4O5S/c1-29-14-6-8-16-17(10-14)31-20(23-16)24(19(26)12-2-4-13(21)5-3-12)22-11-15-7-9-18(30-15)25(27)28/h2-11H,1H3/b22-11+. The lowest BCUT2D eigenvalue weighted by Crippen LogP contribution is -2.25. The Morgan fingerprint density at radius 3 is 2.71 bits per heavy atom. The van der Waals surface area contributed by atoms with E-state index in [0.29, 0.717) is 11.3 Å². The van der Waals surface area contributed by atoms with Crippen LogP contribution in [0.2, 0.25) is 0 Å². The normalized spacial score (nSPS) is 11.2. The van der Waals surface area contributed by atoms with Gasteiger partial charge in [0.05, 0.1) is 29.6 Å². The number of nitro groups is 1. The Kier molecular flexibility index (Phi) is 5.41. The molecule has 0 unspecified atom stereocenters. The van der Waals surface area contributed by atoms with E-state index in [-0.39, 0.29) is 16.5 Å². The second kappa shape index (κ2) is 8.32. The molecule has 31 heavy (non-hydrogen) atoms. The molecule has 0 radical (unpaired) electrons.